The number of methoxy groups -OCH3 is 1. The summed E-state index contributed by atoms with van der Waals surface area (Å²) in [6, 6.07) is 10.2. The van der Waals surface area contributed by atoms with Gasteiger partial charge in [0, 0.05) is 5.75 Å². The van der Waals surface area contributed by atoms with Gasteiger partial charge in [0.2, 0.25) is 5.91 Å². The van der Waals surface area contributed by atoms with Crippen molar-refractivity contribution in [3.05, 3.63) is 52.1 Å². The molecule has 10 nitrogen and oxygen atoms in total. The number of unbranched alkanes of at least 4 members (excludes halogenated alkanes) is 1. The van der Waals surface area contributed by atoms with Crippen LogP contribution in [0.15, 0.2) is 36.4 Å². The van der Waals surface area contributed by atoms with Gasteiger partial charge in [-0.2, -0.15) is 0 Å². The number of hydrogen-bond donors (Lipinski definition) is 0. The number of carbonyl (C=O) groups is 3. The van der Waals surface area contributed by atoms with Gasteiger partial charge in [0.25, 0.3) is 10.3 Å². The summed E-state index contributed by atoms with van der Waals surface area (Å²) < 4.78 is 10.4. The number of hydrogen-bond acceptors (Lipinski definition) is 9. The van der Waals surface area contributed by atoms with Gasteiger partial charge < -0.3 is 14.3 Å². The zero-order valence-electron chi connectivity index (χ0n) is 18.2. The molecule has 2 amide bonds. The van der Waals surface area contributed by atoms with Crippen LogP contribution in [-0.4, -0.2) is 59.2 Å². The second-order valence-electron chi connectivity index (χ2n) is 7.43. The van der Waals surface area contributed by atoms with Gasteiger partial charge in [-0.05, 0) is 48.2 Å². The number of fused-ring (bicyclic) bond motifs is 1. The highest BCUT2D eigenvalue weighted by Gasteiger charge is 2.43. The molecular weight excluding hydrogens is 452 g/mol. The van der Waals surface area contributed by atoms with Crippen molar-refractivity contribution in [1.82, 2.24) is 4.90 Å². The standard InChI is InChI=1S/C22H24N2O8S/c1-14(15-5-6-17-12-18(30-2)8-7-16(17)11-15)20(25)23-19(13-33-22(23)27)21(26)31-9-3-4-10-32-24(28)29/h5-8,11-12,14,19H,3-4,9-10,13H2,1-2H3. The van der Waals surface area contributed by atoms with E-state index in [0.29, 0.717) is 12.8 Å². The van der Waals surface area contributed by atoms with Crippen LogP contribution in [0.5, 0.6) is 5.75 Å². The predicted octanol–water partition coefficient (Wildman–Crippen LogP) is 3.55. The van der Waals surface area contributed by atoms with E-state index in [1.165, 1.54) is 0 Å². The van der Waals surface area contributed by atoms with Crippen molar-refractivity contribution in [3.63, 3.8) is 0 Å². The van der Waals surface area contributed by atoms with Crippen molar-refractivity contribution in [3.8, 4) is 5.75 Å². The largest absolute Gasteiger partial charge is 0.497 e. The molecule has 0 N–H and O–H groups in total. The number of benzene rings is 2. The second kappa shape index (κ2) is 11.0. The first kappa shape index (κ1) is 24.3. The molecule has 1 fully saturated rings. The molecule has 1 aliphatic rings. The van der Waals surface area contributed by atoms with Crippen molar-refractivity contribution >= 4 is 39.7 Å². The summed E-state index contributed by atoms with van der Waals surface area (Å²) in [7, 11) is 1.59. The Morgan fingerprint density at radius 2 is 1.88 bits per heavy atom. The van der Waals surface area contributed by atoms with Crippen molar-refractivity contribution < 1.29 is 33.8 Å². The summed E-state index contributed by atoms with van der Waals surface area (Å²) in [5.41, 5.74) is 0.722. The second-order valence-corrected chi connectivity index (χ2v) is 8.40. The molecule has 0 radical (unpaired) electrons. The van der Waals surface area contributed by atoms with Gasteiger partial charge in [0.05, 0.1) is 26.2 Å². The highest BCUT2D eigenvalue weighted by atomic mass is 32.2. The van der Waals surface area contributed by atoms with E-state index >= 15 is 0 Å². The van der Waals surface area contributed by atoms with E-state index in [-0.39, 0.29) is 19.0 Å². The molecule has 2 aromatic carbocycles. The van der Waals surface area contributed by atoms with Crippen molar-refractivity contribution in [2.45, 2.75) is 31.7 Å². The van der Waals surface area contributed by atoms with Crippen LogP contribution in [0.2, 0.25) is 0 Å². The molecule has 11 heteroatoms. The fraction of sp³-hybridized carbons (Fsp3) is 0.409. The minimum Gasteiger partial charge on any atom is -0.497 e. The molecule has 1 aliphatic heterocycles. The molecule has 0 spiro atoms. The average molecular weight is 477 g/mol. The lowest BCUT2D eigenvalue weighted by molar-refractivity contribution is -0.757. The zero-order chi connectivity index (χ0) is 24.0. The van der Waals surface area contributed by atoms with Gasteiger partial charge in [-0.3, -0.25) is 14.5 Å². The first-order chi connectivity index (χ1) is 15.8. The molecule has 0 aromatic heterocycles. The molecule has 0 bridgehead atoms. The Kier molecular flexibility index (Phi) is 8.10. The van der Waals surface area contributed by atoms with Gasteiger partial charge in [-0.1, -0.05) is 36.0 Å². The Hall–Kier alpha value is -3.34. The van der Waals surface area contributed by atoms with E-state index in [9.17, 15) is 24.5 Å². The number of ether oxygens (including phenoxy) is 2. The first-order valence-corrected chi connectivity index (χ1v) is 11.3. The maximum absolute atomic E-state index is 13.2. The molecule has 2 aromatic rings. The third-order valence-electron chi connectivity index (χ3n) is 5.30. The third-order valence-corrected chi connectivity index (χ3v) is 6.23. The average Bonchev–Trinajstić information content (AvgIpc) is 3.20. The van der Waals surface area contributed by atoms with Crippen LogP contribution < -0.4 is 4.74 Å². The van der Waals surface area contributed by atoms with E-state index < -0.39 is 34.2 Å². The minimum absolute atomic E-state index is 0.0149. The summed E-state index contributed by atoms with van der Waals surface area (Å²) in [5.74, 6) is -0.939. The molecule has 3 rings (SSSR count). The summed E-state index contributed by atoms with van der Waals surface area (Å²) in [5, 5.41) is 10.6. The molecule has 176 valence electrons. The van der Waals surface area contributed by atoms with Crippen molar-refractivity contribution in [2.24, 2.45) is 0 Å². The normalized spacial score (nSPS) is 16.5. The van der Waals surface area contributed by atoms with Gasteiger partial charge in [-0.15, -0.1) is 10.1 Å². The van der Waals surface area contributed by atoms with Crippen LogP contribution >= 0.6 is 11.8 Å². The van der Waals surface area contributed by atoms with E-state index in [4.69, 9.17) is 9.47 Å². The number of rotatable bonds is 10. The maximum Gasteiger partial charge on any atom is 0.330 e. The fourth-order valence-corrected chi connectivity index (χ4v) is 4.38. The highest BCUT2D eigenvalue weighted by molar-refractivity contribution is 8.14. The van der Waals surface area contributed by atoms with Crippen LogP contribution in [0.3, 0.4) is 0 Å². The van der Waals surface area contributed by atoms with Gasteiger partial charge in [0.15, 0.2) is 0 Å². The molecule has 2 unspecified atom stereocenters. The summed E-state index contributed by atoms with van der Waals surface area (Å²) in [6.07, 6.45) is 0.694. The smallest absolute Gasteiger partial charge is 0.330 e. The molecule has 2 atom stereocenters. The maximum atomic E-state index is 13.2. The lowest BCUT2D eigenvalue weighted by Crippen LogP contribution is -2.46. The monoisotopic (exact) mass is 476 g/mol. The van der Waals surface area contributed by atoms with Crippen LogP contribution in [0, 0.1) is 10.1 Å². The van der Waals surface area contributed by atoms with Crippen molar-refractivity contribution in [1.29, 1.82) is 0 Å². The predicted molar refractivity (Wildman–Crippen MR) is 121 cm³/mol. The van der Waals surface area contributed by atoms with Gasteiger partial charge in [0.1, 0.15) is 11.8 Å². The van der Waals surface area contributed by atoms with E-state index in [2.05, 4.69) is 4.84 Å². The molecule has 1 heterocycles. The fourth-order valence-electron chi connectivity index (χ4n) is 3.44. The third kappa shape index (κ3) is 5.92. The number of carbonyl (C=O) groups excluding carboxylic acids is 3. The van der Waals surface area contributed by atoms with E-state index in [1.807, 2.05) is 36.4 Å². The van der Waals surface area contributed by atoms with Crippen LogP contribution in [0.4, 0.5) is 4.79 Å². The Bertz CT molecular complexity index is 1060. The quantitative estimate of drug-likeness (QED) is 0.219. The number of amides is 2. The number of nitrogens with zero attached hydrogens (tertiary/aromatic N) is 2. The van der Waals surface area contributed by atoms with Gasteiger partial charge in [-0.25, -0.2) is 4.79 Å². The Morgan fingerprint density at radius 3 is 2.61 bits per heavy atom. The Morgan fingerprint density at radius 1 is 1.18 bits per heavy atom. The molecule has 33 heavy (non-hydrogen) atoms. The first-order valence-electron chi connectivity index (χ1n) is 10.3. The Labute approximate surface area is 194 Å². The molecule has 0 saturated carbocycles. The van der Waals surface area contributed by atoms with Crippen LogP contribution in [0.25, 0.3) is 10.8 Å². The van der Waals surface area contributed by atoms with E-state index in [1.54, 1.807) is 14.0 Å². The zero-order valence-corrected chi connectivity index (χ0v) is 19.0. The lowest BCUT2D eigenvalue weighted by Gasteiger charge is -2.24. The lowest BCUT2D eigenvalue weighted by atomic mass is 9.96. The number of thioether (sulfide) groups is 1. The molecule has 0 aliphatic carbocycles. The number of esters is 1. The summed E-state index contributed by atoms with van der Waals surface area (Å²) >= 11 is 0.896. The topological polar surface area (TPSA) is 125 Å². The summed E-state index contributed by atoms with van der Waals surface area (Å²) in [4.78, 5) is 53.4. The SMILES string of the molecule is COc1ccc2cc(C(C)C(=O)N3C(=O)SCC3C(=O)OCCCCO[N+](=O)[O-])ccc2c1. The number of imide groups is 1. The van der Waals surface area contributed by atoms with Crippen LogP contribution in [-0.2, 0) is 19.2 Å². The van der Waals surface area contributed by atoms with Crippen LogP contribution in [0.1, 0.15) is 31.2 Å². The minimum atomic E-state index is -1.00. The van der Waals surface area contributed by atoms with Crippen molar-refractivity contribution in [2.75, 3.05) is 26.1 Å². The van der Waals surface area contributed by atoms with E-state index in [0.717, 1.165) is 38.7 Å². The molecule has 1 saturated heterocycles. The Balaban J connectivity index is 1.64. The summed E-state index contributed by atoms with van der Waals surface area (Å²) in [6.45, 7) is 1.62. The van der Waals surface area contributed by atoms with Gasteiger partial charge >= 0.3 is 5.97 Å². The molecular formula is C22H24N2O8S. The highest BCUT2D eigenvalue weighted by Crippen LogP contribution is 2.31.